The van der Waals surface area contributed by atoms with Crippen molar-refractivity contribution in [2.75, 3.05) is 11.9 Å². The van der Waals surface area contributed by atoms with E-state index in [2.05, 4.69) is 20.5 Å². The fourth-order valence-corrected chi connectivity index (χ4v) is 2.52. The van der Waals surface area contributed by atoms with Crippen LogP contribution in [-0.2, 0) is 0 Å². The maximum atomic E-state index is 12.2. The fourth-order valence-electron chi connectivity index (χ4n) is 2.52. The number of nitrogens with zero attached hydrogens (tertiary/aromatic N) is 3. The Morgan fingerprint density at radius 3 is 2.81 bits per heavy atom. The normalized spacial score (nSPS) is 11.1. The summed E-state index contributed by atoms with van der Waals surface area (Å²) in [4.78, 5) is 25.6. The zero-order chi connectivity index (χ0) is 18.7. The molecule has 3 N–H and O–H groups in total. The molecule has 132 valence electrons. The molecule has 0 saturated heterocycles. The first kappa shape index (κ1) is 17.1. The van der Waals surface area contributed by atoms with E-state index in [1.165, 1.54) is 12.1 Å². The number of amides is 1. The van der Waals surface area contributed by atoms with Crippen molar-refractivity contribution in [3.63, 3.8) is 0 Å². The summed E-state index contributed by atoms with van der Waals surface area (Å²) in [5.41, 5.74) is 0.911. The van der Waals surface area contributed by atoms with E-state index in [0.29, 0.717) is 23.1 Å². The molecule has 0 fully saturated rings. The SMILES string of the molecule is CCNc1ccc(C(=O)N=Nc2c(O)[nH]c3ccccc23)cc1[N+](=O)[O-]. The number of carbonyl (C=O) groups is 1. The predicted molar refractivity (Wildman–Crippen MR) is 96.1 cm³/mol. The van der Waals surface area contributed by atoms with Gasteiger partial charge in [-0.25, -0.2) is 0 Å². The first-order chi connectivity index (χ1) is 12.5. The molecule has 0 aliphatic carbocycles. The van der Waals surface area contributed by atoms with Crippen LogP contribution in [0.5, 0.6) is 5.88 Å². The summed E-state index contributed by atoms with van der Waals surface area (Å²) >= 11 is 0. The van der Waals surface area contributed by atoms with Gasteiger partial charge in [0.15, 0.2) is 5.69 Å². The summed E-state index contributed by atoms with van der Waals surface area (Å²) in [5, 5.41) is 31.9. The molecule has 0 bridgehead atoms. The van der Waals surface area contributed by atoms with E-state index in [-0.39, 0.29) is 22.8 Å². The van der Waals surface area contributed by atoms with Crippen LogP contribution in [0, 0.1) is 10.1 Å². The maximum absolute atomic E-state index is 12.2. The monoisotopic (exact) mass is 353 g/mol. The molecule has 1 heterocycles. The Labute approximate surface area is 147 Å². The van der Waals surface area contributed by atoms with Crippen molar-refractivity contribution in [2.45, 2.75) is 6.92 Å². The number of anilines is 1. The van der Waals surface area contributed by atoms with Crippen LogP contribution in [0.1, 0.15) is 17.3 Å². The van der Waals surface area contributed by atoms with E-state index in [0.717, 1.165) is 6.07 Å². The zero-order valence-corrected chi connectivity index (χ0v) is 13.8. The smallest absolute Gasteiger partial charge is 0.295 e. The molecule has 26 heavy (non-hydrogen) atoms. The molecule has 2 aromatic carbocycles. The lowest BCUT2D eigenvalue weighted by Gasteiger charge is -2.04. The molecule has 3 rings (SSSR count). The number of fused-ring (bicyclic) bond motifs is 1. The molecule has 3 aromatic rings. The summed E-state index contributed by atoms with van der Waals surface area (Å²) in [6.07, 6.45) is 0. The summed E-state index contributed by atoms with van der Waals surface area (Å²) in [6, 6.07) is 11.1. The number of benzene rings is 2. The third-order valence-corrected chi connectivity index (χ3v) is 3.71. The standard InChI is InChI=1S/C17H15N5O4/c1-2-18-13-8-7-10(9-14(13)22(25)26)16(23)21-20-15-11-5-3-4-6-12(11)19-17(15)24/h3-9,18-19,24H,2H2,1H3. The summed E-state index contributed by atoms with van der Waals surface area (Å²) in [7, 11) is 0. The van der Waals surface area contributed by atoms with Gasteiger partial charge < -0.3 is 15.4 Å². The minimum absolute atomic E-state index is 0.0291. The summed E-state index contributed by atoms with van der Waals surface area (Å²) < 4.78 is 0. The van der Waals surface area contributed by atoms with Crippen LogP contribution in [0.2, 0.25) is 0 Å². The van der Waals surface area contributed by atoms with Crippen LogP contribution in [-0.4, -0.2) is 27.5 Å². The van der Waals surface area contributed by atoms with Crippen molar-refractivity contribution in [3.05, 3.63) is 58.1 Å². The highest BCUT2D eigenvalue weighted by atomic mass is 16.6. The number of nitrogens with one attached hydrogen (secondary N) is 2. The number of aromatic hydroxyl groups is 1. The number of nitro groups is 1. The van der Waals surface area contributed by atoms with Crippen molar-refractivity contribution in [1.29, 1.82) is 0 Å². The second kappa shape index (κ2) is 7.01. The van der Waals surface area contributed by atoms with Crippen LogP contribution < -0.4 is 5.32 Å². The third-order valence-electron chi connectivity index (χ3n) is 3.71. The first-order valence-electron chi connectivity index (χ1n) is 7.79. The topological polar surface area (TPSA) is 133 Å². The van der Waals surface area contributed by atoms with Crippen molar-refractivity contribution in [3.8, 4) is 5.88 Å². The molecular formula is C17H15N5O4. The highest BCUT2D eigenvalue weighted by Crippen LogP contribution is 2.35. The molecular weight excluding hydrogens is 338 g/mol. The van der Waals surface area contributed by atoms with Gasteiger partial charge in [-0.2, -0.15) is 0 Å². The van der Waals surface area contributed by atoms with Crippen molar-refractivity contribution < 1.29 is 14.8 Å². The van der Waals surface area contributed by atoms with E-state index >= 15 is 0 Å². The van der Waals surface area contributed by atoms with Crippen LogP contribution >= 0.6 is 0 Å². The van der Waals surface area contributed by atoms with E-state index in [1.807, 2.05) is 6.92 Å². The lowest BCUT2D eigenvalue weighted by molar-refractivity contribution is -0.384. The average molecular weight is 353 g/mol. The minimum Gasteiger partial charge on any atom is -0.493 e. The number of rotatable bonds is 5. The van der Waals surface area contributed by atoms with E-state index in [4.69, 9.17) is 0 Å². The zero-order valence-electron chi connectivity index (χ0n) is 13.8. The Morgan fingerprint density at radius 2 is 2.08 bits per heavy atom. The van der Waals surface area contributed by atoms with Gasteiger partial charge in [-0.1, -0.05) is 18.2 Å². The van der Waals surface area contributed by atoms with Crippen LogP contribution in [0.4, 0.5) is 17.1 Å². The Morgan fingerprint density at radius 1 is 1.31 bits per heavy atom. The average Bonchev–Trinajstić information content (AvgIpc) is 2.95. The van der Waals surface area contributed by atoms with Crippen molar-refractivity contribution in [2.24, 2.45) is 10.2 Å². The van der Waals surface area contributed by atoms with Crippen LogP contribution in [0.25, 0.3) is 10.9 Å². The molecule has 0 atom stereocenters. The molecule has 1 amide bonds. The quantitative estimate of drug-likeness (QED) is 0.360. The second-order valence-corrected chi connectivity index (χ2v) is 5.39. The summed E-state index contributed by atoms with van der Waals surface area (Å²) in [6.45, 7) is 2.32. The number of H-pyrrole nitrogens is 1. The lowest BCUT2D eigenvalue weighted by atomic mass is 10.1. The van der Waals surface area contributed by atoms with E-state index in [1.54, 1.807) is 24.3 Å². The number of hydrogen-bond donors (Lipinski definition) is 3. The van der Waals surface area contributed by atoms with Crippen LogP contribution in [0.15, 0.2) is 52.7 Å². The molecule has 0 saturated carbocycles. The molecule has 1 aromatic heterocycles. The van der Waals surface area contributed by atoms with E-state index < -0.39 is 10.8 Å². The molecule has 0 radical (unpaired) electrons. The number of aromatic nitrogens is 1. The maximum Gasteiger partial charge on any atom is 0.295 e. The number of hydrogen-bond acceptors (Lipinski definition) is 6. The Balaban J connectivity index is 1.92. The van der Waals surface area contributed by atoms with Gasteiger partial charge in [0.25, 0.3) is 11.6 Å². The summed E-state index contributed by atoms with van der Waals surface area (Å²) in [5.74, 6) is -0.961. The van der Waals surface area contributed by atoms with Gasteiger partial charge in [0, 0.05) is 18.0 Å². The third kappa shape index (κ3) is 3.22. The van der Waals surface area contributed by atoms with Gasteiger partial charge in [-0.05, 0) is 25.1 Å². The number of nitro benzene ring substituents is 1. The number of para-hydroxylation sites is 1. The molecule has 0 unspecified atom stereocenters. The number of aromatic amines is 1. The molecule has 9 heteroatoms. The Hall–Kier alpha value is -3.75. The van der Waals surface area contributed by atoms with Gasteiger partial charge in [0.2, 0.25) is 5.88 Å². The van der Waals surface area contributed by atoms with Gasteiger partial charge >= 0.3 is 0 Å². The Bertz CT molecular complexity index is 1030. The van der Waals surface area contributed by atoms with Crippen molar-refractivity contribution >= 4 is 33.9 Å². The fraction of sp³-hybridized carbons (Fsp3) is 0.118. The molecule has 0 aliphatic rings. The van der Waals surface area contributed by atoms with Crippen LogP contribution in [0.3, 0.4) is 0 Å². The molecule has 0 spiro atoms. The highest BCUT2D eigenvalue weighted by molar-refractivity contribution is 5.97. The van der Waals surface area contributed by atoms with Gasteiger partial charge in [-0.15, -0.1) is 10.2 Å². The molecule has 0 aliphatic heterocycles. The lowest BCUT2D eigenvalue weighted by Crippen LogP contribution is -2.03. The highest BCUT2D eigenvalue weighted by Gasteiger charge is 2.17. The minimum atomic E-state index is -0.749. The largest absolute Gasteiger partial charge is 0.493 e. The van der Waals surface area contributed by atoms with E-state index in [9.17, 15) is 20.0 Å². The van der Waals surface area contributed by atoms with Gasteiger partial charge in [0.1, 0.15) is 5.69 Å². The Kier molecular flexibility index (Phi) is 4.61. The predicted octanol–water partition coefficient (Wildman–Crippen LogP) is 4.14. The van der Waals surface area contributed by atoms with Gasteiger partial charge in [-0.3, -0.25) is 14.9 Å². The molecule has 9 nitrogen and oxygen atoms in total. The first-order valence-corrected chi connectivity index (χ1v) is 7.79. The number of azo groups is 1. The van der Waals surface area contributed by atoms with Crippen molar-refractivity contribution in [1.82, 2.24) is 4.98 Å². The van der Waals surface area contributed by atoms with Gasteiger partial charge in [0.05, 0.1) is 16.0 Å². The number of carbonyl (C=O) groups excluding carboxylic acids is 1. The second-order valence-electron chi connectivity index (χ2n) is 5.39.